The molecule has 1 fully saturated rings. The highest BCUT2D eigenvalue weighted by Gasteiger charge is 2.34. The molecule has 0 aromatic rings. The molecule has 1 aliphatic rings. The third-order valence-electron chi connectivity index (χ3n) is 3.64. The first-order valence-corrected chi connectivity index (χ1v) is 5.53. The molecule has 78 valence electrons. The first-order chi connectivity index (χ1) is 6.12. The van der Waals surface area contributed by atoms with Gasteiger partial charge in [-0.1, -0.05) is 20.8 Å². The third-order valence-corrected chi connectivity index (χ3v) is 3.64. The molecule has 1 heterocycles. The lowest BCUT2D eigenvalue weighted by Crippen LogP contribution is -2.44. The molecule has 0 radical (unpaired) electrons. The van der Waals surface area contributed by atoms with E-state index in [2.05, 4.69) is 25.7 Å². The lowest BCUT2D eigenvalue weighted by atomic mass is 9.75. The van der Waals surface area contributed by atoms with Crippen LogP contribution in [-0.4, -0.2) is 35.7 Å². The fraction of sp³-hybridized carbons (Fsp3) is 1.00. The average molecular weight is 185 g/mol. The van der Waals surface area contributed by atoms with Gasteiger partial charge in [0.05, 0.1) is 6.10 Å². The van der Waals surface area contributed by atoms with Gasteiger partial charge in [-0.2, -0.15) is 0 Å². The van der Waals surface area contributed by atoms with Gasteiger partial charge in [0.2, 0.25) is 0 Å². The minimum Gasteiger partial charge on any atom is -0.393 e. The number of likely N-dealkylation sites (tertiary alicyclic amines) is 1. The molecule has 2 heteroatoms. The molecule has 1 rings (SSSR count). The Hall–Kier alpha value is -0.0800. The fourth-order valence-corrected chi connectivity index (χ4v) is 2.21. The van der Waals surface area contributed by atoms with Gasteiger partial charge in [-0.25, -0.2) is 0 Å². The average Bonchev–Trinajstić information content (AvgIpc) is 2.18. The summed E-state index contributed by atoms with van der Waals surface area (Å²) < 4.78 is 0. The van der Waals surface area contributed by atoms with E-state index in [0.29, 0.717) is 0 Å². The molecular formula is C11H23NO. The molecule has 0 bridgehead atoms. The van der Waals surface area contributed by atoms with Crippen molar-refractivity contribution in [2.75, 3.05) is 19.6 Å². The first-order valence-electron chi connectivity index (χ1n) is 5.53. The highest BCUT2D eigenvalue weighted by molar-refractivity contribution is 4.87. The van der Waals surface area contributed by atoms with Gasteiger partial charge in [-0.3, -0.25) is 0 Å². The van der Waals surface area contributed by atoms with Crippen LogP contribution >= 0.6 is 0 Å². The topological polar surface area (TPSA) is 23.5 Å². The molecule has 1 N–H and O–H groups in total. The standard InChI is InChI=1S/C11H23NO/c1-4-10(13)11(3)6-8-12(5-2)9-7-11/h10,13H,4-9H2,1-3H3. The molecule has 0 spiro atoms. The van der Waals surface area contributed by atoms with Crippen LogP contribution in [0.2, 0.25) is 0 Å². The summed E-state index contributed by atoms with van der Waals surface area (Å²) in [6.45, 7) is 9.97. The number of rotatable bonds is 3. The van der Waals surface area contributed by atoms with Crippen molar-refractivity contribution in [3.63, 3.8) is 0 Å². The third kappa shape index (κ3) is 2.44. The number of hydrogen-bond donors (Lipinski definition) is 1. The van der Waals surface area contributed by atoms with Crippen LogP contribution in [0.3, 0.4) is 0 Å². The summed E-state index contributed by atoms with van der Waals surface area (Å²) in [5.41, 5.74) is 0.181. The van der Waals surface area contributed by atoms with Crippen LogP contribution in [0.1, 0.15) is 40.0 Å². The van der Waals surface area contributed by atoms with E-state index in [1.807, 2.05) is 0 Å². The summed E-state index contributed by atoms with van der Waals surface area (Å²) in [6, 6.07) is 0. The summed E-state index contributed by atoms with van der Waals surface area (Å²) in [7, 11) is 0. The van der Waals surface area contributed by atoms with E-state index in [1.54, 1.807) is 0 Å². The van der Waals surface area contributed by atoms with Crippen LogP contribution in [0.25, 0.3) is 0 Å². The first kappa shape index (κ1) is 11.0. The molecule has 0 saturated carbocycles. The number of aliphatic hydroxyl groups is 1. The summed E-state index contributed by atoms with van der Waals surface area (Å²) >= 11 is 0. The van der Waals surface area contributed by atoms with Gasteiger partial charge in [0.1, 0.15) is 0 Å². The van der Waals surface area contributed by atoms with Crippen LogP contribution in [0.5, 0.6) is 0 Å². The van der Waals surface area contributed by atoms with E-state index in [1.165, 1.54) is 0 Å². The summed E-state index contributed by atoms with van der Waals surface area (Å²) in [4.78, 5) is 2.46. The minimum absolute atomic E-state index is 0.105. The Morgan fingerprint density at radius 2 is 1.85 bits per heavy atom. The van der Waals surface area contributed by atoms with Gasteiger partial charge < -0.3 is 10.0 Å². The lowest BCUT2D eigenvalue weighted by molar-refractivity contribution is -0.0120. The maximum Gasteiger partial charge on any atom is 0.0592 e. The maximum atomic E-state index is 9.88. The van der Waals surface area contributed by atoms with Crippen LogP contribution in [0.15, 0.2) is 0 Å². The van der Waals surface area contributed by atoms with E-state index in [9.17, 15) is 5.11 Å². The summed E-state index contributed by atoms with van der Waals surface area (Å²) in [5.74, 6) is 0. The predicted molar refractivity (Wildman–Crippen MR) is 55.8 cm³/mol. The Morgan fingerprint density at radius 3 is 2.23 bits per heavy atom. The van der Waals surface area contributed by atoms with Crippen molar-refractivity contribution < 1.29 is 5.11 Å². The molecule has 1 unspecified atom stereocenters. The van der Waals surface area contributed by atoms with E-state index < -0.39 is 0 Å². The van der Waals surface area contributed by atoms with Gasteiger partial charge in [-0.15, -0.1) is 0 Å². The molecule has 1 atom stereocenters. The smallest absolute Gasteiger partial charge is 0.0592 e. The molecular weight excluding hydrogens is 162 g/mol. The fourth-order valence-electron chi connectivity index (χ4n) is 2.21. The van der Waals surface area contributed by atoms with Crippen LogP contribution in [0.4, 0.5) is 0 Å². The number of hydrogen-bond acceptors (Lipinski definition) is 2. The van der Waals surface area contributed by atoms with E-state index in [-0.39, 0.29) is 11.5 Å². The molecule has 1 saturated heterocycles. The second-order valence-corrected chi connectivity index (χ2v) is 4.51. The van der Waals surface area contributed by atoms with Gasteiger partial charge in [0, 0.05) is 0 Å². The predicted octanol–water partition coefficient (Wildman–Crippen LogP) is 1.88. The van der Waals surface area contributed by atoms with Crippen molar-refractivity contribution in [1.29, 1.82) is 0 Å². The second kappa shape index (κ2) is 4.43. The van der Waals surface area contributed by atoms with Crippen molar-refractivity contribution in [3.8, 4) is 0 Å². The van der Waals surface area contributed by atoms with Crippen LogP contribution in [0, 0.1) is 5.41 Å². The van der Waals surface area contributed by atoms with E-state index >= 15 is 0 Å². The lowest BCUT2D eigenvalue weighted by Gasteiger charge is -2.41. The quantitative estimate of drug-likeness (QED) is 0.725. The van der Waals surface area contributed by atoms with Crippen molar-refractivity contribution >= 4 is 0 Å². The summed E-state index contributed by atoms with van der Waals surface area (Å²) in [6.07, 6.45) is 3.08. The van der Waals surface area contributed by atoms with Gasteiger partial charge in [0.15, 0.2) is 0 Å². The zero-order valence-electron chi connectivity index (χ0n) is 9.21. The van der Waals surface area contributed by atoms with Crippen molar-refractivity contribution in [3.05, 3.63) is 0 Å². The monoisotopic (exact) mass is 185 g/mol. The Bertz CT molecular complexity index is 150. The zero-order valence-corrected chi connectivity index (χ0v) is 9.21. The Kier molecular flexibility index (Phi) is 3.74. The normalized spacial score (nSPS) is 25.8. The van der Waals surface area contributed by atoms with Gasteiger partial charge in [-0.05, 0) is 44.3 Å². The molecule has 0 aliphatic carbocycles. The Morgan fingerprint density at radius 1 is 1.31 bits per heavy atom. The Balaban J connectivity index is 2.46. The molecule has 1 aliphatic heterocycles. The minimum atomic E-state index is -0.105. The van der Waals surface area contributed by atoms with Gasteiger partial charge >= 0.3 is 0 Å². The summed E-state index contributed by atoms with van der Waals surface area (Å²) in [5, 5.41) is 9.88. The highest BCUT2D eigenvalue weighted by Crippen LogP contribution is 2.35. The van der Waals surface area contributed by atoms with E-state index in [0.717, 1.165) is 38.9 Å². The zero-order chi connectivity index (χ0) is 9.90. The molecule has 0 amide bonds. The molecule has 0 aromatic carbocycles. The van der Waals surface area contributed by atoms with Crippen molar-refractivity contribution in [1.82, 2.24) is 4.90 Å². The number of aliphatic hydroxyl groups excluding tert-OH is 1. The maximum absolute atomic E-state index is 9.88. The van der Waals surface area contributed by atoms with E-state index in [4.69, 9.17) is 0 Å². The van der Waals surface area contributed by atoms with Crippen LogP contribution in [-0.2, 0) is 0 Å². The number of nitrogens with zero attached hydrogens (tertiary/aromatic N) is 1. The molecule has 13 heavy (non-hydrogen) atoms. The molecule has 0 aromatic heterocycles. The van der Waals surface area contributed by atoms with Gasteiger partial charge in [0.25, 0.3) is 0 Å². The SMILES string of the molecule is CCC(O)C1(C)CCN(CC)CC1. The largest absolute Gasteiger partial charge is 0.393 e. The van der Waals surface area contributed by atoms with Crippen molar-refractivity contribution in [2.45, 2.75) is 46.1 Å². The van der Waals surface area contributed by atoms with Crippen LogP contribution < -0.4 is 0 Å². The second-order valence-electron chi connectivity index (χ2n) is 4.51. The Labute approximate surface area is 81.9 Å². The molecule has 2 nitrogen and oxygen atoms in total. The highest BCUT2D eigenvalue weighted by atomic mass is 16.3. The number of piperidine rings is 1. The van der Waals surface area contributed by atoms with Crippen molar-refractivity contribution in [2.24, 2.45) is 5.41 Å².